The molecule has 7 nitrogen and oxygen atoms in total. The van der Waals surface area contributed by atoms with Gasteiger partial charge >= 0.3 is 0 Å². The van der Waals surface area contributed by atoms with E-state index in [0.717, 1.165) is 5.56 Å². The lowest BCUT2D eigenvalue weighted by atomic mass is 10.1. The lowest BCUT2D eigenvalue weighted by Crippen LogP contribution is -2.40. The fourth-order valence-electron chi connectivity index (χ4n) is 3.20. The fraction of sp³-hybridized carbons (Fsp3) is 0.318. The van der Waals surface area contributed by atoms with E-state index in [0.29, 0.717) is 41.8 Å². The predicted octanol–water partition coefficient (Wildman–Crippen LogP) is 3.40. The molecule has 0 bridgehead atoms. The van der Waals surface area contributed by atoms with Crippen molar-refractivity contribution in [1.82, 2.24) is 9.62 Å². The molecule has 0 aromatic heterocycles. The second-order valence-electron chi connectivity index (χ2n) is 7.04. The van der Waals surface area contributed by atoms with Crippen molar-refractivity contribution >= 4 is 45.2 Å². The van der Waals surface area contributed by atoms with E-state index in [4.69, 9.17) is 32.7 Å². The Bertz CT molecular complexity index is 1100. The lowest BCUT2D eigenvalue weighted by molar-refractivity contribution is -0.116. The largest absolute Gasteiger partial charge is 0.495 e. The van der Waals surface area contributed by atoms with Crippen molar-refractivity contribution in [3.05, 3.63) is 63.6 Å². The van der Waals surface area contributed by atoms with Gasteiger partial charge in [0, 0.05) is 35.8 Å². The number of benzene rings is 2. The number of methoxy groups -OCH3 is 1. The molecule has 1 heterocycles. The Morgan fingerprint density at radius 3 is 2.62 bits per heavy atom. The maximum Gasteiger partial charge on any atom is 0.246 e. The van der Waals surface area contributed by atoms with Crippen molar-refractivity contribution < 1.29 is 22.7 Å². The van der Waals surface area contributed by atoms with Gasteiger partial charge in [0.1, 0.15) is 10.6 Å². The van der Waals surface area contributed by atoms with E-state index in [2.05, 4.69) is 5.32 Å². The highest BCUT2D eigenvalue weighted by Gasteiger charge is 2.29. The van der Waals surface area contributed by atoms with Crippen molar-refractivity contribution in [2.75, 3.05) is 40.0 Å². The molecule has 0 atom stereocenters. The van der Waals surface area contributed by atoms with Crippen LogP contribution in [0.4, 0.5) is 0 Å². The summed E-state index contributed by atoms with van der Waals surface area (Å²) in [6.07, 6.45) is 3.47. The average Bonchev–Trinajstić information content (AvgIpc) is 2.79. The number of rotatable bonds is 8. The zero-order valence-electron chi connectivity index (χ0n) is 17.5. The van der Waals surface area contributed by atoms with Crippen LogP contribution in [0.25, 0.3) is 6.08 Å². The molecule has 172 valence electrons. The number of sulfonamides is 1. The SMILES string of the molecule is COc1ccc(C=CC(=O)NCCc2ccc(Cl)cc2Cl)cc1S(=O)(=O)N1CCOCC1. The molecule has 1 amide bonds. The standard InChI is InChI=1S/C22H24Cl2N2O5S/c1-30-20-6-2-16(14-21(20)32(28,29)26-10-12-31-13-11-26)3-7-22(27)25-9-8-17-4-5-18(23)15-19(17)24/h2-7,14-15H,8-13H2,1H3,(H,25,27). The lowest BCUT2D eigenvalue weighted by Gasteiger charge is -2.26. The van der Waals surface area contributed by atoms with Crippen LogP contribution in [0.2, 0.25) is 10.0 Å². The molecule has 0 spiro atoms. The van der Waals surface area contributed by atoms with Gasteiger partial charge < -0.3 is 14.8 Å². The van der Waals surface area contributed by atoms with Crippen LogP contribution in [-0.4, -0.2) is 58.6 Å². The molecule has 0 radical (unpaired) electrons. The molecule has 1 aliphatic heterocycles. The third-order valence-corrected chi connectivity index (χ3v) is 7.42. The summed E-state index contributed by atoms with van der Waals surface area (Å²) < 4.78 is 38.0. The van der Waals surface area contributed by atoms with Crippen LogP contribution < -0.4 is 10.1 Å². The van der Waals surface area contributed by atoms with Gasteiger partial charge in [0.15, 0.2) is 0 Å². The summed E-state index contributed by atoms with van der Waals surface area (Å²) in [6, 6.07) is 9.99. The first-order valence-corrected chi connectivity index (χ1v) is 12.2. The van der Waals surface area contributed by atoms with Crippen molar-refractivity contribution in [3.8, 4) is 5.75 Å². The number of amides is 1. The van der Waals surface area contributed by atoms with Crippen LogP contribution in [-0.2, 0) is 26.0 Å². The summed E-state index contributed by atoms with van der Waals surface area (Å²) in [5, 5.41) is 3.89. The summed E-state index contributed by atoms with van der Waals surface area (Å²) in [4.78, 5) is 12.2. The predicted molar refractivity (Wildman–Crippen MR) is 125 cm³/mol. The molecule has 0 saturated carbocycles. The molecular formula is C22H24Cl2N2O5S. The van der Waals surface area contributed by atoms with Crippen molar-refractivity contribution in [2.45, 2.75) is 11.3 Å². The van der Waals surface area contributed by atoms with E-state index in [1.165, 1.54) is 23.6 Å². The molecule has 10 heteroatoms. The highest BCUT2D eigenvalue weighted by molar-refractivity contribution is 7.89. The maximum absolute atomic E-state index is 13.0. The number of hydrogen-bond acceptors (Lipinski definition) is 5. The van der Waals surface area contributed by atoms with Crippen LogP contribution in [0.5, 0.6) is 5.75 Å². The summed E-state index contributed by atoms with van der Waals surface area (Å²) in [5.41, 5.74) is 1.45. The fourth-order valence-corrected chi connectivity index (χ4v) is 5.30. The summed E-state index contributed by atoms with van der Waals surface area (Å²) in [5.74, 6) is -0.0542. The molecule has 1 fully saturated rings. The number of nitrogens with one attached hydrogen (secondary N) is 1. The van der Waals surface area contributed by atoms with Gasteiger partial charge in [0.05, 0.1) is 20.3 Å². The number of morpholine rings is 1. The van der Waals surface area contributed by atoms with E-state index in [1.807, 2.05) is 6.07 Å². The van der Waals surface area contributed by atoms with Crippen molar-refractivity contribution in [3.63, 3.8) is 0 Å². The monoisotopic (exact) mass is 498 g/mol. The van der Waals surface area contributed by atoms with Crippen molar-refractivity contribution in [2.24, 2.45) is 0 Å². The number of halogens is 2. The average molecular weight is 499 g/mol. The third-order valence-electron chi connectivity index (χ3n) is 4.91. The Balaban J connectivity index is 1.66. The van der Waals surface area contributed by atoms with Gasteiger partial charge in [0.2, 0.25) is 15.9 Å². The number of ether oxygens (including phenoxy) is 2. The quantitative estimate of drug-likeness (QED) is 0.563. The Labute approximate surface area is 198 Å². The Kier molecular flexibility index (Phi) is 8.56. The summed E-state index contributed by atoms with van der Waals surface area (Å²) >= 11 is 12.0. The van der Waals surface area contributed by atoms with E-state index >= 15 is 0 Å². The minimum atomic E-state index is -3.75. The Morgan fingerprint density at radius 2 is 1.94 bits per heavy atom. The minimum absolute atomic E-state index is 0.0573. The maximum atomic E-state index is 13.0. The van der Waals surface area contributed by atoms with Gasteiger partial charge in [-0.3, -0.25) is 4.79 Å². The molecule has 0 aliphatic carbocycles. The van der Waals surface area contributed by atoms with E-state index in [-0.39, 0.29) is 29.6 Å². The normalized spacial score (nSPS) is 15.1. The van der Waals surface area contributed by atoms with Gasteiger partial charge in [-0.1, -0.05) is 35.3 Å². The minimum Gasteiger partial charge on any atom is -0.495 e. The van der Waals surface area contributed by atoms with Crippen LogP contribution in [0, 0.1) is 0 Å². The second kappa shape index (κ2) is 11.2. The zero-order valence-corrected chi connectivity index (χ0v) is 19.8. The Morgan fingerprint density at radius 1 is 1.19 bits per heavy atom. The molecule has 0 unspecified atom stereocenters. The zero-order chi connectivity index (χ0) is 23.1. The smallest absolute Gasteiger partial charge is 0.246 e. The third kappa shape index (κ3) is 6.24. The van der Waals surface area contributed by atoms with Gasteiger partial charge in [-0.25, -0.2) is 8.42 Å². The van der Waals surface area contributed by atoms with Crippen LogP contribution in [0.15, 0.2) is 47.4 Å². The molecule has 1 aliphatic rings. The van der Waals surface area contributed by atoms with Gasteiger partial charge in [0.25, 0.3) is 0 Å². The number of nitrogens with zero attached hydrogens (tertiary/aromatic N) is 1. The van der Waals surface area contributed by atoms with Crippen LogP contribution in [0.3, 0.4) is 0 Å². The van der Waals surface area contributed by atoms with Gasteiger partial charge in [-0.2, -0.15) is 4.31 Å². The van der Waals surface area contributed by atoms with E-state index in [9.17, 15) is 13.2 Å². The van der Waals surface area contributed by atoms with Gasteiger partial charge in [-0.05, 0) is 47.9 Å². The number of carbonyl (C=O) groups is 1. The number of carbonyl (C=O) groups excluding carboxylic acids is 1. The highest BCUT2D eigenvalue weighted by atomic mass is 35.5. The Hall–Kier alpha value is -2.10. The van der Waals surface area contributed by atoms with E-state index < -0.39 is 10.0 Å². The number of hydrogen-bond donors (Lipinski definition) is 1. The molecule has 32 heavy (non-hydrogen) atoms. The second-order valence-corrected chi connectivity index (χ2v) is 9.79. The highest BCUT2D eigenvalue weighted by Crippen LogP contribution is 2.29. The van der Waals surface area contributed by atoms with Crippen LogP contribution in [0.1, 0.15) is 11.1 Å². The van der Waals surface area contributed by atoms with E-state index in [1.54, 1.807) is 30.3 Å². The molecular weight excluding hydrogens is 475 g/mol. The van der Waals surface area contributed by atoms with Crippen molar-refractivity contribution in [1.29, 1.82) is 0 Å². The molecule has 1 N–H and O–H groups in total. The topological polar surface area (TPSA) is 84.9 Å². The first-order chi connectivity index (χ1) is 15.3. The molecule has 3 rings (SSSR count). The van der Waals surface area contributed by atoms with Crippen LogP contribution >= 0.6 is 23.2 Å². The molecule has 2 aromatic carbocycles. The first kappa shape index (κ1) is 24.5. The molecule has 2 aromatic rings. The van der Waals surface area contributed by atoms with Gasteiger partial charge in [-0.15, -0.1) is 0 Å². The molecule has 1 saturated heterocycles. The summed E-state index contributed by atoms with van der Waals surface area (Å²) in [7, 11) is -2.33. The summed E-state index contributed by atoms with van der Waals surface area (Å²) in [6.45, 7) is 1.66. The first-order valence-electron chi connectivity index (χ1n) is 9.97.